The molecular formula is C16H22ClNO3S. The highest BCUT2D eigenvalue weighted by atomic mass is 35.5. The van der Waals surface area contributed by atoms with Gasteiger partial charge >= 0.3 is 0 Å². The highest BCUT2D eigenvalue weighted by Crippen LogP contribution is 2.63. The number of hydrogen-bond donors (Lipinski definition) is 0. The van der Waals surface area contributed by atoms with Gasteiger partial charge in [0.2, 0.25) is 10.0 Å². The van der Waals surface area contributed by atoms with E-state index in [9.17, 15) is 8.42 Å². The van der Waals surface area contributed by atoms with E-state index >= 15 is 0 Å². The minimum Gasteiger partial charge on any atom is -0.384 e. The van der Waals surface area contributed by atoms with Crippen molar-refractivity contribution in [2.24, 2.45) is 16.7 Å². The molecule has 1 saturated heterocycles. The van der Waals surface area contributed by atoms with Gasteiger partial charge in [0.15, 0.2) is 0 Å². The largest absolute Gasteiger partial charge is 0.384 e. The van der Waals surface area contributed by atoms with Gasteiger partial charge in [0.05, 0.1) is 11.5 Å². The lowest BCUT2D eigenvalue weighted by atomic mass is 9.48. The molecule has 3 rings (SSSR count). The van der Waals surface area contributed by atoms with Gasteiger partial charge < -0.3 is 4.74 Å². The molecule has 1 saturated carbocycles. The van der Waals surface area contributed by atoms with E-state index in [0.29, 0.717) is 30.6 Å². The van der Waals surface area contributed by atoms with Crippen LogP contribution < -0.4 is 0 Å². The van der Waals surface area contributed by atoms with Crippen LogP contribution in [0.1, 0.15) is 20.3 Å². The van der Waals surface area contributed by atoms with Gasteiger partial charge in [-0.2, -0.15) is 4.31 Å². The Kier molecular flexibility index (Phi) is 3.84. The van der Waals surface area contributed by atoms with Crippen molar-refractivity contribution in [2.45, 2.75) is 25.2 Å². The fraction of sp³-hybridized carbons (Fsp3) is 0.625. The minimum absolute atomic E-state index is 0.0378. The Morgan fingerprint density at radius 1 is 1.41 bits per heavy atom. The number of sulfonamides is 1. The van der Waals surface area contributed by atoms with Crippen molar-refractivity contribution in [3.05, 3.63) is 29.3 Å². The lowest BCUT2D eigenvalue weighted by Crippen LogP contribution is -2.55. The number of benzene rings is 1. The van der Waals surface area contributed by atoms with Crippen LogP contribution in [-0.2, 0) is 14.8 Å². The van der Waals surface area contributed by atoms with Crippen LogP contribution in [0, 0.1) is 16.7 Å². The van der Waals surface area contributed by atoms with Crippen molar-refractivity contribution >= 4 is 21.6 Å². The van der Waals surface area contributed by atoms with Gasteiger partial charge in [-0.15, -0.1) is 0 Å². The Hall–Kier alpha value is -0.620. The molecule has 1 aromatic rings. The minimum atomic E-state index is -3.50. The number of hydrogen-bond acceptors (Lipinski definition) is 3. The normalized spacial score (nSPS) is 30.8. The fourth-order valence-electron chi connectivity index (χ4n) is 4.52. The third-order valence-corrected chi connectivity index (χ3v) is 7.28. The van der Waals surface area contributed by atoms with E-state index in [4.69, 9.17) is 16.3 Å². The summed E-state index contributed by atoms with van der Waals surface area (Å²) in [6.45, 7) is 6.12. The molecule has 1 aliphatic heterocycles. The molecule has 0 aromatic heterocycles. The van der Waals surface area contributed by atoms with E-state index in [1.807, 2.05) is 0 Å². The van der Waals surface area contributed by atoms with E-state index in [1.54, 1.807) is 29.6 Å². The van der Waals surface area contributed by atoms with Crippen molar-refractivity contribution in [2.75, 3.05) is 26.8 Å². The van der Waals surface area contributed by atoms with Crippen LogP contribution >= 0.6 is 11.6 Å². The van der Waals surface area contributed by atoms with Crippen LogP contribution in [0.5, 0.6) is 0 Å². The average molecular weight is 344 g/mol. The van der Waals surface area contributed by atoms with E-state index in [2.05, 4.69) is 13.8 Å². The zero-order valence-electron chi connectivity index (χ0n) is 13.2. The first-order chi connectivity index (χ1) is 10.2. The maximum Gasteiger partial charge on any atom is 0.243 e. The van der Waals surface area contributed by atoms with Crippen molar-refractivity contribution < 1.29 is 13.2 Å². The topological polar surface area (TPSA) is 46.6 Å². The quantitative estimate of drug-likeness (QED) is 0.844. The molecule has 1 heterocycles. The molecule has 0 bridgehead atoms. The van der Waals surface area contributed by atoms with Crippen molar-refractivity contribution in [3.63, 3.8) is 0 Å². The van der Waals surface area contributed by atoms with E-state index in [1.165, 1.54) is 6.07 Å². The van der Waals surface area contributed by atoms with Crippen molar-refractivity contribution in [1.29, 1.82) is 0 Å². The zero-order valence-corrected chi connectivity index (χ0v) is 14.7. The summed E-state index contributed by atoms with van der Waals surface area (Å²) in [4.78, 5) is 0.270. The number of ether oxygens (including phenoxy) is 1. The maximum absolute atomic E-state index is 12.9. The Morgan fingerprint density at radius 3 is 2.73 bits per heavy atom. The number of halogens is 1. The predicted octanol–water partition coefficient (Wildman–Crippen LogP) is 3.02. The molecule has 22 heavy (non-hydrogen) atoms. The van der Waals surface area contributed by atoms with Crippen molar-refractivity contribution in [3.8, 4) is 0 Å². The average Bonchev–Trinajstić information content (AvgIpc) is 2.75. The van der Waals surface area contributed by atoms with Gasteiger partial charge in [0, 0.05) is 30.6 Å². The second-order valence-electron chi connectivity index (χ2n) is 7.27. The van der Waals surface area contributed by atoms with Crippen LogP contribution in [0.2, 0.25) is 5.02 Å². The highest BCUT2D eigenvalue weighted by molar-refractivity contribution is 7.89. The third kappa shape index (κ3) is 2.39. The lowest BCUT2D eigenvalue weighted by Gasteiger charge is -2.56. The molecule has 0 amide bonds. The number of nitrogens with zero attached hydrogens (tertiary/aromatic N) is 1. The fourth-order valence-corrected chi connectivity index (χ4v) is 6.37. The Morgan fingerprint density at radius 2 is 2.14 bits per heavy atom. The van der Waals surface area contributed by atoms with E-state index in [0.717, 1.165) is 6.42 Å². The molecule has 2 atom stereocenters. The van der Waals surface area contributed by atoms with Gasteiger partial charge in [-0.3, -0.25) is 0 Å². The molecule has 4 nitrogen and oxygen atoms in total. The van der Waals surface area contributed by atoms with E-state index < -0.39 is 10.0 Å². The van der Waals surface area contributed by atoms with Crippen LogP contribution in [0.15, 0.2) is 29.2 Å². The van der Waals surface area contributed by atoms with E-state index in [-0.39, 0.29) is 15.7 Å². The Bertz CT molecular complexity index is 688. The molecule has 0 N–H and O–H groups in total. The molecule has 0 spiro atoms. The smallest absolute Gasteiger partial charge is 0.243 e. The summed E-state index contributed by atoms with van der Waals surface area (Å²) in [6.07, 6.45) is 1.00. The number of fused-ring (bicyclic) bond motifs is 1. The maximum atomic E-state index is 12.9. The molecule has 6 heteroatoms. The summed E-state index contributed by atoms with van der Waals surface area (Å²) in [5.74, 6) is 0.342. The highest BCUT2D eigenvalue weighted by Gasteiger charge is 2.64. The van der Waals surface area contributed by atoms with Gasteiger partial charge in [0.1, 0.15) is 0 Å². The zero-order chi connectivity index (χ0) is 16.2. The molecule has 2 fully saturated rings. The second kappa shape index (κ2) is 5.20. The SMILES string of the molecule is COC[C@@]12CN(S(=O)(=O)c3cccc(Cl)c3)C[C@@H]1C(C)(C)C2. The standard InChI is InChI=1S/C16H22ClNO3S/c1-15(2)9-16(11-21-3)10-18(8-14(15)16)22(19,20)13-6-4-5-12(17)7-13/h4-7,14H,8-11H2,1-3H3/t14-,16-/m1/s1. The second-order valence-corrected chi connectivity index (χ2v) is 9.64. The summed E-state index contributed by atoms with van der Waals surface area (Å²) >= 11 is 5.95. The van der Waals surface area contributed by atoms with Crippen LogP contribution in [0.3, 0.4) is 0 Å². The molecule has 2 aliphatic rings. The monoisotopic (exact) mass is 343 g/mol. The molecule has 1 aromatic carbocycles. The summed E-state index contributed by atoms with van der Waals surface area (Å²) in [5, 5.41) is 0.440. The first-order valence-electron chi connectivity index (χ1n) is 7.46. The number of methoxy groups -OCH3 is 1. The Labute approximate surface area is 137 Å². The van der Waals surface area contributed by atoms with Gasteiger partial charge in [-0.25, -0.2) is 8.42 Å². The lowest BCUT2D eigenvalue weighted by molar-refractivity contribution is -0.106. The van der Waals surface area contributed by atoms with Gasteiger partial charge in [-0.05, 0) is 36.0 Å². The van der Waals surface area contributed by atoms with Gasteiger partial charge in [-0.1, -0.05) is 31.5 Å². The van der Waals surface area contributed by atoms with Gasteiger partial charge in [0.25, 0.3) is 0 Å². The summed E-state index contributed by atoms with van der Waals surface area (Å²) in [7, 11) is -1.81. The van der Waals surface area contributed by atoms with Crippen LogP contribution in [0.4, 0.5) is 0 Å². The molecule has 1 aliphatic carbocycles. The van der Waals surface area contributed by atoms with Crippen LogP contribution in [0.25, 0.3) is 0 Å². The summed E-state index contributed by atoms with van der Waals surface area (Å²) < 4.78 is 32.8. The first kappa shape index (κ1) is 16.2. The summed E-state index contributed by atoms with van der Waals surface area (Å²) in [5.41, 5.74) is 0.126. The Balaban J connectivity index is 1.91. The first-order valence-corrected chi connectivity index (χ1v) is 9.28. The summed E-state index contributed by atoms with van der Waals surface area (Å²) in [6, 6.07) is 6.49. The number of rotatable bonds is 4. The third-order valence-electron chi connectivity index (χ3n) is 5.23. The predicted molar refractivity (Wildman–Crippen MR) is 86.4 cm³/mol. The van der Waals surface area contributed by atoms with Crippen LogP contribution in [-0.4, -0.2) is 39.5 Å². The molecule has 122 valence electrons. The molecule has 0 radical (unpaired) electrons. The molecular weight excluding hydrogens is 322 g/mol. The molecule has 0 unspecified atom stereocenters. The van der Waals surface area contributed by atoms with Crippen molar-refractivity contribution in [1.82, 2.24) is 4.31 Å².